The highest BCUT2D eigenvalue weighted by atomic mass is 16.1. The van der Waals surface area contributed by atoms with Gasteiger partial charge in [-0.05, 0) is 66.8 Å². The van der Waals surface area contributed by atoms with E-state index in [9.17, 15) is 9.59 Å². The van der Waals surface area contributed by atoms with Crippen molar-refractivity contribution in [2.24, 2.45) is 11.5 Å². The molecule has 5 aromatic rings. The molecule has 0 fully saturated rings. The third kappa shape index (κ3) is 4.81. The molecule has 0 aliphatic carbocycles. The van der Waals surface area contributed by atoms with E-state index < -0.39 is 11.8 Å². The number of amides is 2. The lowest BCUT2D eigenvalue weighted by atomic mass is 10.0. The summed E-state index contributed by atoms with van der Waals surface area (Å²) in [7, 11) is 0. The maximum absolute atomic E-state index is 11.5. The largest absolute Gasteiger partial charge is 0.369 e. The fourth-order valence-electron chi connectivity index (χ4n) is 4.70. The van der Waals surface area contributed by atoms with Gasteiger partial charge in [-0.1, -0.05) is 24.3 Å². The number of imidazole rings is 2. The predicted octanol–water partition coefficient (Wildman–Crippen LogP) is 2.62. The number of aromatic nitrogens is 4. The SMILES string of the molecule is NC(=O)c1ccc2c(c1)nc(N)n2CCCc1cccc(CCn2c(N)nc3cc(C(N)=O)ccc32)c1. The van der Waals surface area contributed by atoms with Gasteiger partial charge in [0.05, 0.1) is 22.1 Å². The van der Waals surface area contributed by atoms with Crippen molar-refractivity contribution in [2.45, 2.75) is 32.4 Å². The second-order valence-corrected chi connectivity index (χ2v) is 9.05. The van der Waals surface area contributed by atoms with Gasteiger partial charge >= 0.3 is 0 Å². The number of nitrogen functional groups attached to an aromatic ring is 2. The Balaban J connectivity index is 1.24. The van der Waals surface area contributed by atoms with Gasteiger partial charge in [0, 0.05) is 24.2 Å². The zero-order valence-electron chi connectivity index (χ0n) is 20.2. The summed E-state index contributed by atoms with van der Waals surface area (Å²) in [6.07, 6.45) is 2.53. The van der Waals surface area contributed by atoms with E-state index in [4.69, 9.17) is 22.9 Å². The number of nitrogens with zero attached hydrogens (tertiary/aromatic N) is 4. The van der Waals surface area contributed by atoms with Gasteiger partial charge in [0.1, 0.15) is 0 Å². The van der Waals surface area contributed by atoms with Crippen LogP contribution in [0, 0.1) is 0 Å². The summed E-state index contributed by atoms with van der Waals surface area (Å²) in [4.78, 5) is 31.7. The molecule has 37 heavy (non-hydrogen) atoms. The van der Waals surface area contributed by atoms with Crippen molar-refractivity contribution in [1.29, 1.82) is 0 Å². The number of anilines is 2. The second kappa shape index (κ2) is 9.65. The highest BCUT2D eigenvalue weighted by Crippen LogP contribution is 2.22. The molecule has 2 heterocycles. The van der Waals surface area contributed by atoms with Crippen LogP contribution in [0.15, 0.2) is 60.7 Å². The molecule has 3 aromatic carbocycles. The van der Waals surface area contributed by atoms with E-state index in [1.807, 2.05) is 21.3 Å². The molecule has 0 unspecified atom stereocenters. The van der Waals surface area contributed by atoms with Crippen LogP contribution >= 0.6 is 0 Å². The summed E-state index contributed by atoms with van der Waals surface area (Å²) in [6.45, 7) is 1.36. The van der Waals surface area contributed by atoms with Crippen molar-refractivity contribution >= 4 is 45.8 Å². The third-order valence-corrected chi connectivity index (χ3v) is 6.59. The highest BCUT2D eigenvalue weighted by molar-refractivity contribution is 5.97. The molecule has 0 saturated carbocycles. The minimum absolute atomic E-state index is 0.404. The topological polar surface area (TPSA) is 174 Å². The minimum atomic E-state index is -0.493. The molecule has 2 amide bonds. The van der Waals surface area contributed by atoms with E-state index in [2.05, 4.69) is 34.2 Å². The standard InChI is InChI=1S/C27H28N8O2/c28-24(36)18-6-8-22-20(14-18)32-26(30)34(22)11-2-5-16-3-1-4-17(13-16)10-12-35-23-9-7-19(25(29)37)15-21(23)33-27(35)31/h1,3-4,6-9,13-15H,2,5,10-12H2,(H2,28,36)(H2,29,37)(H2,30,32)(H2,31,33). The van der Waals surface area contributed by atoms with Crippen LogP contribution in [0.1, 0.15) is 38.3 Å². The van der Waals surface area contributed by atoms with Gasteiger partial charge in [-0.2, -0.15) is 0 Å². The summed E-state index contributed by atoms with van der Waals surface area (Å²) in [5.41, 5.74) is 29.3. The highest BCUT2D eigenvalue weighted by Gasteiger charge is 2.12. The predicted molar refractivity (Wildman–Crippen MR) is 144 cm³/mol. The van der Waals surface area contributed by atoms with Gasteiger partial charge in [0.15, 0.2) is 0 Å². The molecule has 5 rings (SSSR count). The monoisotopic (exact) mass is 496 g/mol. The molecule has 0 spiro atoms. The van der Waals surface area contributed by atoms with Crippen LogP contribution in [-0.2, 0) is 25.9 Å². The number of primary amides is 2. The van der Waals surface area contributed by atoms with Gasteiger partial charge in [0.2, 0.25) is 23.7 Å². The molecule has 8 N–H and O–H groups in total. The Bertz CT molecular complexity index is 1650. The summed E-state index contributed by atoms with van der Waals surface area (Å²) in [5.74, 6) is -0.164. The molecule has 0 aliphatic rings. The average molecular weight is 497 g/mol. The van der Waals surface area contributed by atoms with E-state index in [-0.39, 0.29) is 0 Å². The quantitative estimate of drug-likeness (QED) is 0.244. The van der Waals surface area contributed by atoms with Crippen molar-refractivity contribution in [3.05, 3.63) is 82.9 Å². The molecule has 10 nitrogen and oxygen atoms in total. The first kappa shape index (κ1) is 23.9. The lowest BCUT2D eigenvalue weighted by Crippen LogP contribution is -2.10. The Morgan fingerprint density at radius 2 is 1.19 bits per heavy atom. The molecule has 0 aliphatic heterocycles. The van der Waals surface area contributed by atoms with Gasteiger partial charge in [-0.25, -0.2) is 9.97 Å². The Morgan fingerprint density at radius 1 is 0.676 bits per heavy atom. The van der Waals surface area contributed by atoms with Gasteiger partial charge < -0.3 is 32.1 Å². The maximum atomic E-state index is 11.5. The number of hydrogen-bond acceptors (Lipinski definition) is 6. The third-order valence-electron chi connectivity index (χ3n) is 6.59. The average Bonchev–Trinajstić information content (AvgIpc) is 3.36. The molecule has 0 bridgehead atoms. The number of aryl methyl sites for hydroxylation is 4. The fourth-order valence-corrected chi connectivity index (χ4v) is 4.70. The van der Waals surface area contributed by atoms with Crippen LogP contribution in [0.5, 0.6) is 0 Å². The number of hydrogen-bond donors (Lipinski definition) is 4. The molecule has 0 atom stereocenters. The lowest BCUT2D eigenvalue weighted by Gasteiger charge is -2.10. The first-order chi connectivity index (χ1) is 17.8. The van der Waals surface area contributed by atoms with Crippen LogP contribution in [-0.4, -0.2) is 30.9 Å². The van der Waals surface area contributed by atoms with Crippen LogP contribution in [0.3, 0.4) is 0 Å². The minimum Gasteiger partial charge on any atom is -0.369 e. The van der Waals surface area contributed by atoms with Crippen LogP contribution in [0.2, 0.25) is 0 Å². The van der Waals surface area contributed by atoms with E-state index in [1.165, 1.54) is 11.1 Å². The normalized spacial score (nSPS) is 11.4. The van der Waals surface area contributed by atoms with Crippen LogP contribution < -0.4 is 22.9 Å². The summed E-state index contributed by atoms with van der Waals surface area (Å²) < 4.78 is 3.91. The van der Waals surface area contributed by atoms with E-state index >= 15 is 0 Å². The molecule has 2 aromatic heterocycles. The smallest absolute Gasteiger partial charge is 0.248 e. The summed E-state index contributed by atoms with van der Waals surface area (Å²) in [5, 5.41) is 0. The van der Waals surface area contributed by atoms with Crippen molar-refractivity contribution < 1.29 is 9.59 Å². The Hall–Kier alpha value is -4.86. The zero-order valence-corrected chi connectivity index (χ0v) is 20.2. The Morgan fingerprint density at radius 3 is 1.73 bits per heavy atom. The first-order valence-corrected chi connectivity index (χ1v) is 12.0. The van der Waals surface area contributed by atoms with E-state index in [1.54, 1.807) is 24.3 Å². The molecular formula is C27H28N8O2. The molecular weight excluding hydrogens is 468 g/mol. The number of rotatable bonds is 9. The number of nitrogens with two attached hydrogens (primary N) is 4. The molecule has 0 radical (unpaired) electrons. The first-order valence-electron chi connectivity index (χ1n) is 12.0. The van der Waals surface area contributed by atoms with Crippen LogP contribution in [0.25, 0.3) is 22.1 Å². The number of carbonyl (C=O) groups excluding carboxylic acids is 2. The van der Waals surface area contributed by atoms with Crippen molar-refractivity contribution in [1.82, 2.24) is 19.1 Å². The number of fused-ring (bicyclic) bond motifs is 2. The molecule has 188 valence electrons. The number of benzene rings is 3. The summed E-state index contributed by atoms with van der Waals surface area (Å²) in [6, 6.07) is 18.9. The number of carbonyl (C=O) groups is 2. The van der Waals surface area contributed by atoms with Gasteiger partial charge in [-0.3, -0.25) is 9.59 Å². The Kier molecular flexibility index (Phi) is 6.22. The zero-order chi connectivity index (χ0) is 26.1. The second-order valence-electron chi connectivity index (χ2n) is 9.05. The fraction of sp³-hybridized carbons (Fsp3) is 0.185. The Labute approximate surface area is 212 Å². The van der Waals surface area contributed by atoms with Crippen LogP contribution in [0.4, 0.5) is 11.9 Å². The van der Waals surface area contributed by atoms with Gasteiger partial charge in [0.25, 0.3) is 0 Å². The lowest BCUT2D eigenvalue weighted by molar-refractivity contribution is 0.0992. The molecule has 0 saturated heterocycles. The van der Waals surface area contributed by atoms with Crippen molar-refractivity contribution in [2.75, 3.05) is 11.5 Å². The maximum Gasteiger partial charge on any atom is 0.248 e. The summed E-state index contributed by atoms with van der Waals surface area (Å²) >= 11 is 0. The van der Waals surface area contributed by atoms with Crippen molar-refractivity contribution in [3.63, 3.8) is 0 Å². The van der Waals surface area contributed by atoms with Crippen molar-refractivity contribution in [3.8, 4) is 0 Å². The van der Waals surface area contributed by atoms with Gasteiger partial charge in [-0.15, -0.1) is 0 Å². The van der Waals surface area contributed by atoms with E-state index in [0.29, 0.717) is 47.1 Å². The van der Waals surface area contributed by atoms with E-state index in [0.717, 1.165) is 30.3 Å². The molecule has 10 heteroatoms.